The van der Waals surface area contributed by atoms with Crippen molar-refractivity contribution in [1.29, 1.82) is 0 Å². The van der Waals surface area contributed by atoms with Crippen LogP contribution in [0.4, 0.5) is 0 Å². The fraction of sp³-hybridized carbons (Fsp3) is 0.250. The fourth-order valence-electron chi connectivity index (χ4n) is 2.80. The van der Waals surface area contributed by atoms with E-state index < -0.39 is 11.5 Å². The smallest absolute Gasteiger partial charge is 0.336 e. The standard InChI is InChI=1S/C20H20N2O6/c1-12-8-19(24)28-17-9-14(6-7-15(12)17)27-11-18(23)22-21-10-13-4-3-5-16(26-2)20(13)25/h4,6-10,25H,3,5,11H2,1-2H3,(H,22,23). The quantitative estimate of drug-likeness (QED) is 0.450. The summed E-state index contributed by atoms with van der Waals surface area (Å²) in [5, 5.41) is 14.6. The minimum atomic E-state index is -0.478. The number of aliphatic hydroxyl groups excluding tert-OH is 1. The molecule has 28 heavy (non-hydrogen) atoms. The summed E-state index contributed by atoms with van der Waals surface area (Å²) in [5.74, 6) is 0.405. The van der Waals surface area contributed by atoms with Gasteiger partial charge >= 0.3 is 5.63 Å². The maximum Gasteiger partial charge on any atom is 0.336 e. The number of methoxy groups -OCH3 is 1. The van der Waals surface area contributed by atoms with Crippen LogP contribution >= 0.6 is 0 Å². The van der Waals surface area contributed by atoms with E-state index in [9.17, 15) is 14.7 Å². The van der Waals surface area contributed by atoms with Crippen LogP contribution in [-0.2, 0) is 9.53 Å². The molecule has 0 spiro atoms. The Morgan fingerprint density at radius 1 is 1.39 bits per heavy atom. The van der Waals surface area contributed by atoms with Crippen molar-refractivity contribution in [2.75, 3.05) is 13.7 Å². The van der Waals surface area contributed by atoms with Crippen LogP contribution in [-0.4, -0.2) is 30.9 Å². The maximum atomic E-state index is 11.9. The molecule has 1 aliphatic rings. The van der Waals surface area contributed by atoms with E-state index in [0.717, 1.165) is 10.9 Å². The number of rotatable bonds is 6. The maximum absolute atomic E-state index is 11.9. The average molecular weight is 384 g/mol. The summed E-state index contributed by atoms with van der Waals surface area (Å²) >= 11 is 0. The topological polar surface area (TPSA) is 110 Å². The first-order chi connectivity index (χ1) is 13.5. The summed E-state index contributed by atoms with van der Waals surface area (Å²) in [7, 11) is 1.49. The number of ether oxygens (including phenoxy) is 2. The molecule has 0 bridgehead atoms. The van der Waals surface area contributed by atoms with Gasteiger partial charge in [0.2, 0.25) is 0 Å². The molecule has 1 aliphatic carbocycles. The first-order valence-electron chi connectivity index (χ1n) is 8.64. The van der Waals surface area contributed by atoms with Gasteiger partial charge in [-0.2, -0.15) is 5.10 Å². The van der Waals surface area contributed by atoms with Crippen LogP contribution in [0.1, 0.15) is 18.4 Å². The highest BCUT2D eigenvalue weighted by atomic mass is 16.5. The highest BCUT2D eigenvalue weighted by Gasteiger charge is 2.14. The van der Waals surface area contributed by atoms with Crippen LogP contribution < -0.4 is 15.8 Å². The molecule has 1 amide bonds. The van der Waals surface area contributed by atoms with Crippen molar-refractivity contribution in [3.63, 3.8) is 0 Å². The molecular weight excluding hydrogens is 364 g/mol. The molecule has 3 rings (SSSR count). The van der Waals surface area contributed by atoms with E-state index in [4.69, 9.17) is 13.9 Å². The lowest BCUT2D eigenvalue weighted by Gasteiger charge is -2.13. The summed E-state index contributed by atoms with van der Waals surface area (Å²) in [6, 6.07) is 6.42. The van der Waals surface area contributed by atoms with Crippen LogP contribution in [0, 0.1) is 6.92 Å². The first kappa shape index (κ1) is 19.2. The second-order valence-electron chi connectivity index (χ2n) is 6.16. The Labute approximate surface area is 160 Å². The molecule has 0 aliphatic heterocycles. The van der Waals surface area contributed by atoms with Gasteiger partial charge in [-0.15, -0.1) is 0 Å². The summed E-state index contributed by atoms with van der Waals surface area (Å²) in [5.41, 5.74) is 3.55. The predicted molar refractivity (Wildman–Crippen MR) is 103 cm³/mol. The number of aryl methyl sites for hydroxylation is 1. The number of nitrogens with one attached hydrogen (secondary N) is 1. The minimum Gasteiger partial charge on any atom is -0.504 e. The molecular formula is C20H20N2O6. The van der Waals surface area contributed by atoms with Crippen molar-refractivity contribution in [1.82, 2.24) is 5.43 Å². The molecule has 1 heterocycles. The van der Waals surface area contributed by atoms with Crippen molar-refractivity contribution < 1.29 is 23.8 Å². The number of amides is 1. The van der Waals surface area contributed by atoms with Gasteiger partial charge in [-0.1, -0.05) is 6.08 Å². The van der Waals surface area contributed by atoms with Crippen molar-refractivity contribution in [2.24, 2.45) is 5.10 Å². The lowest BCUT2D eigenvalue weighted by Crippen LogP contribution is -2.24. The van der Waals surface area contributed by atoms with Crippen LogP contribution in [0.5, 0.6) is 5.75 Å². The van der Waals surface area contributed by atoms with Crippen LogP contribution in [0.3, 0.4) is 0 Å². The molecule has 1 aromatic carbocycles. The van der Waals surface area contributed by atoms with Gasteiger partial charge in [0.1, 0.15) is 17.1 Å². The largest absolute Gasteiger partial charge is 0.504 e. The SMILES string of the molecule is COC1=C(O)C(C=NNC(=O)COc2ccc3c(C)cc(=O)oc3c2)=CCC1. The van der Waals surface area contributed by atoms with Gasteiger partial charge in [0.05, 0.1) is 13.3 Å². The van der Waals surface area contributed by atoms with E-state index in [1.165, 1.54) is 19.4 Å². The number of carbonyl (C=O) groups excluding carboxylic acids is 1. The average Bonchev–Trinajstić information content (AvgIpc) is 2.67. The van der Waals surface area contributed by atoms with Crippen molar-refractivity contribution in [2.45, 2.75) is 19.8 Å². The zero-order valence-electron chi connectivity index (χ0n) is 15.5. The Kier molecular flexibility index (Phi) is 5.78. The number of hydrazone groups is 1. The van der Waals surface area contributed by atoms with Gasteiger partial charge < -0.3 is 19.0 Å². The van der Waals surface area contributed by atoms with E-state index in [2.05, 4.69) is 10.5 Å². The van der Waals surface area contributed by atoms with E-state index in [0.29, 0.717) is 35.5 Å². The molecule has 1 aromatic heterocycles. The molecule has 146 valence electrons. The Balaban J connectivity index is 1.57. The monoisotopic (exact) mass is 384 g/mol. The van der Waals surface area contributed by atoms with E-state index in [1.54, 1.807) is 24.3 Å². The number of carbonyl (C=O) groups is 1. The van der Waals surface area contributed by atoms with Crippen LogP contribution in [0.25, 0.3) is 11.0 Å². The van der Waals surface area contributed by atoms with Gasteiger partial charge in [-0.05, 0) is 31.0 Å². The molecule has 2 N–H and O–H groups in total. The number of benzene rings is 1. The number of hydrogen-bond acceptors (Lipinski definition) is 7. The molecule has 0 saturated carbocycles. The van der Waals surface area contributed by atoms with Crippen molar-refractivity contribution in [3.8, 4) is 5.75 Å². The minimum absolute atomic E-state index is 0.0101. The zero-order chi connectivity index (χ0) is 20.1. The highest BCUT2D eigenvalue weighted by molar-refractivity contribution is 5.86. The molecule has 0 radical (unpaired) electrons. The molecule has 0 unspecified atom stereocenters. The van der Waals surface area contributed by atoms with Gasteiger partial charge in [-0.25, -0.2) is 10.2 Å². The van der Waals surface area contributed by atoms with E-state index in [1.807, 2.05) is 6.92 Å². The molecule has 0 saturated heterocycles. The Bertz CT molecular complexity index is 1050. The number of fused-ring (bicyclic) bond motifs is 1. The lowest BCUT2D eigenvalue weighted by atomic mass is 10.0. The van der Waals surface area contributed by atoms with Gasteiger partial charge in [0.25, 0.3) is 5.91 Å². The zero-order valence-corrected chi connectivity index (χ0v) is 15.5. The van der Waals surface area contributed by atoms with Gasteiger partial charge in [0, 0.05) is 29.5 Å². The first-order valence-corrected chi connectivity index (χ1v) is 8.64. The number of allylic oxidation sites excluding steroid dienone is 3. The second kappa shape index (κ2) is 8.43. The van der Waals surface area contributed by atoms with Crippen LogP contribution in [0.15, 0.2) is 61.7 Å². The Morgan fingerprint density at radius 2 is 2.21 bits per heavy atom. The van der Waals surface area contributed by atoms with E-state index in [-0.39, 0.29) is 12.4 Å². The summed E-state index contributed by atoms with van der Waals surface area (Å²) in [6.07, 6.45) is 4.47. The normalized spacial score (nSPS) is 14.3. The number of hydrogen-bond donors (Lipinski definition) is 2. The fourth-order valence-corrected chi connectivity index (χ4v) is 2.80. The number of nitrogens with zero attached hydrogens (tertiary/aromatic N) is 1. The van der Waals surface area contributed by atoms with Crippen LogP contribution in [0.2, 0.25) is 0 Å². The summed E-state index contributed by atoms with van der Waals surface area (Å²) < 4.78 is 15.6. The Morgan fingerprint density at radius 3 is 3.00 bits per heavy atom. The molecule has 8 nitrogen and oxygen atoms in total. The van der Waals surface area contributed by atoms with Crippen molar-refractivity contribution >= 4 is 23.1 Å². The predicted octanol–water partition coefficient (Wildman–Crippen LogP) is 2.72. The molecule has 0 atom stereocenters. The summed E-state index contributed by atoms with van der Waals surface area (Å²) in [6.45, 7) is 1.54. The van der Waals surface area contributed by atoms with Gasteiger partial charge in [-0.3, -0.25) is 4.79 Å². The molecule has 0 fully saturated rings. The lowest BCUT2D eigenvalue weighted by molar-refractivity contribution is -0.123. The summed E-state index contributed by atoms with van der Waals surface area (Å²) in [4.78, 5) is 23.4. The van der Waals surface area contributed by atoms with E-state index >= 15 is 0 Å². The Hall–Kier alpha value is -3.55. The van der Waals surface area contributed by atoms with Gasteiger partial charge in [0.15, 0.2) is 12.4 Å². The molecule has 2 aromatic rings. The van der Waals surface area contributed by atoms with Crippen molar-refractivity contribution in [3.05, 3.63) is 63.4 Å². The third-order valence-electron chi connectivity index (χ3n) is 4.21. The number of aliphatic hydroxyl groups is 1. The third-order valence-corrected chi connectivity index (χ3v) is 4.21. The second-order valence-corrected chi connectivity index (χ2v) is 6.16. The third kappa shape index (κ3) is 4.40. The highest BCUT2D eigenvalue weighted by Crippen LogP contribution is 2.23. The molecule has 8 heteroatoms.